The van der Waals surface area contributed by atoms with Crippen LogP contribution in [0.25, 0.3) is 0 Å². The lowest BCUT2D eigenvalue weighted by Gasteiger charge is -2.10. The first-order valence-electron chi connectivity index (χ1n) is 5.85. The molecule has 0 aliphatic heterocycles. The molecule has 0 aliphatic rings. The zero-order chi connectivity index (χ0) is 17.5. The molecule has 9 heteroatoms. The van der Waals surface area contributed by atoms with Crippen LogP contribution >= 0.6 is 0 Å². The van der Waals surface area contributed by atoms with Crippen molar-refractivity contribution in [3.63, 3.8) is 0 Å². The van der Waals surface area contributed by atoms with Gasteiger partial charge >= 0.3 is 5.97 Å². The van der Waals surface area contributed by atoms with E-state index in [0.29, 0.717) is 6.07 Å². The Kier molecular flexibility index (Phi) is 4.31. The van der Waals surface area contributed by atoms with Gasteiger partial charge in [-0.1, -0.05) is 6.07 Å². The average Bonchev–Trinajstić information content (AvgIpc) is 2.51. The van der Waals surface area contributed by atoms with Crippen molar-refractivity contribution >= 4 is 5.97 Å². The number of esters is 1. The van der Waals surface area contributed by atoms with Gasteiger partial charge in [-0.15, -0.1) is 0 Å². The molecule has 2 aromatic carbocycles. The lowest BCUT2D eigenvalue weighted by molar-refractivity contribution is 0.0705. The van der Waals surface area contributed by atoms with Gasteiger partial charge in [0.2, 0.25) is 34.8 Å². The molecule has 0 heterocycles. The van der Waals surface area contributed by atoms with Crippen LogP contribution in [0.1, 0.15) is 15.9 Å². The highest BCUT2D eigenvalue weighted by Gasteiger charge is 2.30. The third kappa shape index (κ3) is 2.73. The lowest BCUT2D eigenvalue weighted by Crippen LogP contribution is -2.17. The zero-order valence-corrected chi connectivity index (χ0v) is 11.1. The van der Waals surface area contributed by atoms with Gasteiger partial charge in [-0.2, -0.15) is 8.78 Å². The number of carbonyl (C=O) groups is 1. The second-order valence-corrected chi connectivity index (χ2v) is 4.34. The summed E-state index contributed by atoms with van der Waals surface area (Å²) in [4.78, 5) is 11.6. The molecule has 0 radical (unpaired) electrons. The number of hydrogen-bond donors (Lipinski definition) is 0. The summed E-state index contributed by atoms with van der Waals surface area (Å²) in [6.07, 6.45) is 0. The molecule has 2 nitrogen and oxygen atoms in total. The maximum absolute atomic E-state index is 13.7. The fourth-order valence-corrected chi connectivity index (χ4v) is 1.66. The molecule has 23 heavy (non-hydrogen) atoms. The first-order valence-corrected chi connectivity index (χ1v) is 5.85. The standard InChI is InChI=1S/C14H5F7O2/c1-4-2-3-5(15)6(7(4)16)14(22)23-13-11(20)9(18)8(17)10(19)12(13)21/h2-3H,1H3. The van der Waals surface area contributed by atoms with Crippen molar-refractivity contribution in [1.29, 1.82) is 0 Å². The number of rotatable bonds is 2. The van der Waals surface area contributed by atoms with Gasteiger partial charge in [0.05, 0.1) is 0 Å². The van der Waals surface area contributed by atoms with Crippen molar-refractivity contribution < 1.29 is 40.3 Å². The van der Waals surface area contributed by atoms with Crippen LogP contribution in [0.2, 0.25) is 0 Å². The van der Waals surface area contributed by atoms with Gasteiger partial charge < -0.3 is 4.74 Å². The summed E-state index contributed by atoms with van der Waals surface area (Å²) in [6.45, 7) is 1.16. The number of hydrogen-bond acceptors (Lipinski definition) is 2. The summed E-state index contributed by atoms with van der Waals surface area (Å²) in [7, 11) is 0. The van der Waals surface area contributed by atoms with E-state index in [1.807, 2.05) is 0 Å². The summed E-state index contributed by atoms with van der Waals surface area (Å²) < 4.78 is 96.7. The van der Waals surface area contributed by atoms with E-state index in [1.54, 1.807) is 0 Å². The lowest BCUT2D eigenvalue weighted by atomic mass is 10.1. The van der Waals surface area contributed by atoms with Gasteiger partial charge in [-0.25, -0.2) is 26.7 Å². The molecular weight excluding hydrogens is 333 g/mol. The molecule has 0 N–H and O–H groups in total. The molecule has 0 amide bonds. The number of ether oxygens (including phenoxy) is 1. The Morgan fingerprint density at radius 3 is 1.78 bits per heavy atom. The van der Waals surface area contributed by atoms with Gasteiger partial charge in [-0.3, -0.25) is 0 Å². The Hall–Kier alpha value is -2.58. The maximum Gasteiger partial charge on any atom is 0.349 e. The third-order valence-electron chi connectivity index (χ3n) is 2.85. The van der Waals surface area contributed by atoms with Crippen molar-refractivity contribution in [1.82, 2.24) is 0 Å². The van der Waals surface area contributed by atoms with E-state index in [1.165, 1.54) is 0 Å². The molecule has 2 aromatic rings. The predicted octanol–water partition coefficient (Wildman–Crippen LogP) is 4.19. The largest absolute Gasteiger partial charge is 0.416 e. The monoisotopic (exact) mass is 338 g/mol. The maximum atomic E-state index is 13.7. The van der Waals surface area contributed by atoms with Crippen molar-refractivity contribution in [2.75, 3.05) is 0 Å². The number of carbonyl (C=O) groups excluding carboxylic acids is 1. The minimum absolute atomic E-state index is 0.198. The van der Waals surface area contributed by atoms with Gasteiger partial charge in [-0.05, 0) is 18.6 Å². The number of benzene rings is 2. The van der Waals surface area contributed by atoms with Crippen molar-refractivity contribution in [3.05, 3.63) is 64.0 Å². The normalized spacial score (nSPS) is 10.8. The Morgan fingerprint density at radius 1 is 0.783 bits per heavy atom. The highest BCUT2D eigenvalue weighted by molar-refractivity contribution is 5.92. The first kappa shape index (κ1) is 16.8. The molecule has 0 bridgehead atoms. The average molecular weight is 338 g/mol. The van der Waals surface area contributed by atoms with Crippen LogP contribution in [0.3, 0.4) is 0 Å². The fourth-order valence-electron chi connectivity index (χ4n) is 1.66. The minimum Gasteiger partial charge on any atom is -0.416 e. The van der Waals surface area contributed by atoms with Gasteiger partial charge in [0, 0.05) is 0 Å². The molecule has 0 atom stereocenters. The van der Waals surface area contributed by atoms with Crippen molar-refractivity contribution in [3.8, 4) is 5.75 Å². The van der Waals surface area contributed by atoms with E-state index in [-0.39, 0.29) is 5.56 Å². The van der Waals surface area contributed by atoms with Crippen molar-refractivity contribution in [2.45, 2.75) is 6.92 Å². The van der Waals surface area contributed by atoms with E-state index in [0.717, 1.165) is 13.0 Å². The molecule has 0 fully saturated rings. The van der Waals surface area contributed by atoms with Gasteiger partial charge in [0.1, 0.15) is 17.2 Å². The van der Waals surface area contributed by atoms with Crippen LogP contribution in [0.4, 0.5) is 30.7 Å². The van der Waals surface area contributed by atoms with Gasteiger partial charge in [0.25, 0.3) is 0 Å². The van der Waals surface area contributed by atoms with Crippen LogP contribution in [0, 0.1) is 47.6 Å². The first-order chi connectivity index (χ1) is 10.7. The minimum atomic E-state index is -2.47. The Morgan fingerprint density at radius 2 is 1.26 bits per heavy atom. The Bertz CT molecular complexity index is 788. The van der Waals surface area contributed by atoms with E-state index >= 15 is 0 Å². The summed E-state index contributed by atoms with van der Waals surface area (Å²) in [5, 5.41) is 0. The Labute approximate surface area is 124 Å². The summed E-state index contributed by atoms with van der Waals surface area (Å²) >= 11 is 0. The molecule has 0 spiro atoms. The highest BCUT2D eigenvalue weighted by atomic mass is 19.2. The predicted molar refractivity (Wildman–Crippen MR) is 62.3 cm³/mol. The topological polar surface area (TPSA) is 26.3 Å². The van der Waals surface area contributed by atoms with E-state index in [9.17, 15) is 35.5 Å². The van der Waals surface area contributed by atoms with Crippen molar-refractivity contribution in [2.24, 2.45) is 0 Å². The second-order valence-electron chi connectivity index (χ2n) is 4.34. The molecule has 0 aromatic heterocycles. The summed E-state index contributed by atoms with van der Waals surface area (Å²) in [5.74, 6) is -18.8. The Balaban J connectivity index is 2.53. The molecular formula is C14H5F7O2. The highest BCUT2D eigenvalue weighted by Crippen LogP contribution is 2.30. The summed E-state index contributed by atoms with van der Waals surface area (Å²) in [6, 6.07) is 1.65. The third-order valence-corrected chi connectivity index (χ3v) is 2.85. The van der Waals surface area contributed by atoms with Crippen LogP contribution in [0.5, 0.6) is 5.75 Å². The van der Waals surface area contributed by atoms with E-state index in [4.69, 9.17) is 0 Å². The van der Waals surface area contributed by atoms with Crippen LogP contribution in [-0.2, 0) is 0 Å². The van der Waals surface area contributed by atoms with Crippen LogP contribution < -0.4 is 4.74 Å². The van der Waals surface area contributed by atoms with E-state index in [2.05, 4.69) is 4.74 Å². The van der Waals surface area contributed by atoms with E-state index < -0.39 is 58.0 Å². The summed E-state index contributed by atoms with van der Waals surface area (Å²) in [5.41, 5.74) is -1.52. The second kappa shape index (κ2) is 5.90. The fraction of sp³-hybridized carbons (Fsp3) is 0.0714. The molecule has 0 saturated heterocycles. The molecule has 122 valence electrons. The SMILES string of the molecule is Cc1ccc(F)c(C(=O)Oc2c(F)c(F)c(F)c(F)c2F)c1F. The van der Waals surface area contributed by atoms with Gasteiger partial charge in [0.15, 0.2) is 0 Å². The molecule has 0 aliphatic carbocycles. The smallest absolute Gasteiger partial charge is 0.349 e. The molecule has 2 rings (SSSR count). The molecule has 0 saturated carbocycles. The molecule has 0 unspecified atom stereocenters. The van der Waals surface area contributed by atoms with Crippen LogP contribution in [0.15, 0.2) is 12.1 Å². The number of aryl methyl sites for hydroxylation is 1. The quantitative estimate of drug-likeness (QED) is 0.270. The zero-order valence-electron chi connectivity index (χ0n) is 11.1. The number of halogens is 7. The van der Waals surface area contributed by atoms with Crippen LogP contribution in [-0.4, -0.2) is 5.97 Å².